The van der Waals surface area contributed by atoms with Crippen LogP contribution in [0.5, 0.6) is 0 Å². The van der Waals surface area contributed by atoms with E-state index in [1.165, 1.54) is 6.33 Å². The molecule has 2 N–H and O–H groups in total. The molecule has 6 nitrogen and oxygen atoms in total. The van der Waals surface area contributed by atoms with Crippen LogP contribution in [0.25, 0.3) is 33.3 Å². The SMILES string of the molecule is Clc1ncnc2[nH]cc(-c3ccc(Nc4nc5ccccc5o4)cc3)c12. The summed E-state index contributed by atoms with van der Waals surface area (Å²) in [6, 6.07) is 16.0. The number of oxazole rings is 1. The summed E-state index contributed by atoms with van der Waals surface area (Å²) in [5.41, 5.74) is 5.13. The van der Waals surface area contributed by atoms with Gasteiger partial charge in [-0.2, -0.15) is 4.98 Å². The van der Waals surface area contributed by atoms with Crippen molar-refractivity contribution in [2.24, 2.45) is 0 Å². The third-order valence-corrected chi connectivity index (χ3v) is 4.45. The van der Waals surface area contributed by atoms with E-state index < -0.39 is 0 Å². The molecule has 0 atom stereocenters. The molecule has 0 unspecified atom stereocenters. The van der Waals surface area contributed by atoms with Gasteiger partial charge in [0, 0.05) is 17.4 Å². The van der Waals surface area contributed by atoms with Crippen molar-refractivity contribution < 1.29 is 4.42 Å². The molecule has 0 saturated carbocycles. The van der Waals surface area contributed by atoms with Crippen LogP contribution in [0.1, 0.15) is 0 Å². The van der Waals surface area contributed by atoms with Gasteiger partial charge in [-0.3, -0.25) is 0 Å². The number of fused-ring (bicyclic) bond motifs is 2. The lowest BCUT2D eigenvalue weighted by atomic mass is 10.1. The third kappa shape index (κ3) is 2.48. The monoisotopic (exact) mass is 361 g/mol. The summed E-state index contributed by atoms with van der Waals surface area (Å²) < 4.78 is 5.69. The number of H-pyrrole nitrogens is 1. The molecular formula is C19H12ClN5O. The predicted molar refractivity (Wildman–Crippen MR) is 102 cm³/mol. The Kier molecular flexibility index (Phi) is 3.36. The van der Waals surface area contributed by atoms with E-state index in [-0.39, 0.29) is 0 Å². The number of aromatic amines is 1. The van der Waals surface area contributed by atoms with Crippen molar-refractivity contribution in [1.82, 2.24) is 19.9 Å². The van der Waals surface area contributed by atoms with Gasteiger partial charge in [0.15, 0.2) is 5.58 Å². The van der Waals surface area contributed by atoms with E-state index in [4.69, 9.17) is 16.0 Å². The van der Waals surface area contributed by atoms with Gasteiger partial charge in [0.25, 0.3) is 6.01 Å². The molecule has 3 heterocycles. The maximum Gasteiger partial charge on any atom is 0.300 e. The summed E-state index contributed by atoms with van der Waals surface area (Å²) in [5, 5.41) is 4.42. The van der Waals surface area contributed by atoms with Crippen LogP contribution in [-0.2, 0) is 0 Å². The number of benzene rings is 2. The number of halogens is 1. The minimum absolute atomic E-state index is 0.430. The number of aromatic nitrogens is 4. The summed E-state index contributed by atoms with van der Waals surface area (Å²) in [7, 11) is 0. The molecule has 0 bridgehead atoms. The summed E-state index contributed by atoms with van der Waals surface area (Å²) in [6.07, 6.45) is 3.33. The molecule has 0 aliphatic carbocycles. The Bertz CT molecular complexity index is 1190. The summed E-state index contributed by atoms with van der Waals surface area (Å²) in [4.78, 5) is 15.8. The Balaban J connectivity index is 1.46. The van der Waals surface area contributed by atoms with Crippen LogP contribution in [0, 0.1) is 0 Å². The zero-order chi connectivity index (χ0) is 17.5. The maximum atomic E-state index is 6.23. The van der Waals surface area contributed by atoms with Crippen LogP contribution >= 0.6 is 11.6 Å². The van der Waals surface area contributed by atoms with E-state index in [0.29, 0.717) is 16.8 Å². The number of rotatable bonds is 3. The maximum absolute atomic E-state index is 6.23. The van der Waals surface area contributed by atoms with Gasteiger partial charge >= 0.3 is 0 Å². The molecule has 2 aromatic carbocycles. The zero-order valence-electron chi connectivity index (χ0n) is 13.4. The highest BCUT2D eigenvalue weighted by molar-refractivity contribution is 6.35. The Morgan fingerprint density at radius 1 is 1.00 bits per heavy atom. The highest BCUT2D eigenvalue weighted by Gasteiger charge is 2.11. The zero-order valence-corrected chi connectivity index (χ0v) is 14.2. The molecule has 126 valence electrons. The Morgan fingerprint density at radius 3 is 2.69 bits per heavy atom. The number of nitrogens with zero attached hydrogens (tertiary/aromatic N) is 3. The molecule has 0 aliphatic rings. The Labute approximate surface area is 152 Å². The van der Waals surface area contributed by atoms with Crippen molar-refractivity contribution in [3.05, 3.63) is 66.2 Å². The second-order valence-corrected chi connectivity index (χ2v) is 6.14. The van der Waals surface area contributed by atoms with Crippen LogP contribution in [-0.4, -0.2) is 19.9 Å². The smallest absolute Gasteiger partial charge is 0.300 e. The molecule has 0 radical (unpaired) electrons. The molecule has 0 aliphatic heterocycles. The van der Waals surface area contributed by atoms with E-state index in [2.05, 4.69) is 25.3 Å². The fraction of sp³-hybridized carbons (Fsp3) is 0. The number of hydrogen-bond acceptors (Lipinski definition) is 5. The number of nitrogens with one attached hydrogen (secondary N) is 2. The van der Waals surface area contributed by atoms with Crippen molar-refractivity contribution in [2.45, 2.75) is 0 Å². The first-order valence-electron chi connectivity index (χ1n) is 7.98. The van der Waals surface area contributed by atoms with Gasteiger partial charge in [0.05, 0.1) is 5.39 Å². The molecule has 7 heteroatoms. The third-order valence-electron chi connectivity index (χ3n) is 4.16. The van der Waals surface area contributed by atoms with Crippen molar-refractivity contribution in [2.75, 3.05) is 5.32 Å². The van der Waals surface area contributed by atoms with Crippen LogP contribution in [0.4, 0.5) is 11.7 Å². The van der Waals surface area contributed by atoms with E-state index in [9.17, 15) is 0 Å². The topological polar surface area (TPSA) is 79.6 Å². The van der Waals surface area contributed by atoms with E-state index in [1.807, 2.05) is 54.7 Å². The standard InChI is InChI=1S/C19H12ClN5O/c20-17-16-13(9-21-18(16)23-10-22-17)11-5-7-12(8-6-11)24-19-25-14-3-1-2-4-15(14)26-19/h1-10H,(H,24,25)(H,21,22,23). The van der Waals surface area contributed by atoms with Crippen molar-refractivity contribution >= 4 is 45.4 Å². The molecule has 0 saturated heterocycles. The lowest BCUT2D eigenvalue weighted by molar-refractivity contribution is 0.623. The normalized spacial score (nSPS) is 11.3. The molecule has 5 aromatic rings. The van der Waals surface area contributed by atoms with Gasteiger partial charge in [-0.15, -0.1) is 0 Å². The molecule has 0 amide bonds. The highest BCUT2D eigenvalue weighted by atomic mass is 35.5. The molecule has 26 heavy (non-hydrogen) atoms. The second kappa shape index (κ2) is 5.86. The first kappa shape index (κ1) is 14.9. The molecule has 3 aromatic heterocycles. The average Bonchev–Trinajstić information content (AvgIpc) is 3.27. The van der Waals surface area contributed by atoms with Crippen molar-refractivity contribution in [3.8, 4) is 11.1 Å². The van der Waals surface area contributed by atoms with E-state index in [0.717, 1.165) is 33.3 Å². The summed E-state index contributed by atoms with van der Waals surface area (Å²) >= 11 is 6.23. The highest BCUT2D eigenvalue weighted by Crippen LogP contribution is 2.32. The summed E-state index contributed by atoms with van der Waals surface area (Å²) in [5.74, 6) is 0. The predicted octanol–water partition coefficient (Wildman–Crippen LogP) is 5.16. The van der Waals surface area contributed by atoms with Crippen LogP contribution in [0.3, 0.4) is 0 Å². The van der Waals surface area contributed by atoms with Crippen molar-refractivity contribution in [3.63, 3.8) is 0 Å². The molecule has 0 fully saturated rings. The minimum atomic E-state index is 0.430. The minimum Gasteiger partial charge on any atom is -0.423 e. The quantitative estimate of drug-likeness (QED) is 0.434. The van der Waals surface area contributed by atoms with Gasteiger partial charge in [-0.05, 0) is 29.8 Å². The van der Waals surface area contributed by atoms with Gasteiger partial charge < -0.3 is 14.7 Å². The number of para-hydroxylation sites is 2. The number of hydrogen-bond donors (Lipinski definition) is 2. The first-order valence-corrected chi connectivity index (χ1v) is 8.36. The fourth-order valence-electron chi connectivity index (χ4n) is 2.93. The van der Waals surface area contributed by atoms with Crippen LogP contribution < -0.4 is 5.32 Å². The fourth-order valence-corrected chi connectivity index (χ4v) is 3.17. The second-order valence-electron chi connectivity index (χ2n) is 5.78. The Morgan fingerprint density at radius 2 is 1.85 bits per heavy atom. The number of anilines is 2. The van der Waals surface area contributed by atoms with Crippen molar-refractivity contribution in [1.29, 1.82) is 0 Å². The van der Waals surface area contributed by atoms with Gasteiger partial charge in [0.1, 0.15) is 22.6 Å². The largest absolute Gasteiger partial charge is 0.423 e. The van der Waals surface area contributed by atoms with Gasteiger partial charge in [-0.25, -0.2) is 9.97 Å². The van der Waals surface area contributed by atoms with E-state index >= 15 is 0 Å². The molecular weight excluding hydrogens is 350 g/mol. The average molecular weight is 362 g/mol. The molecule has 0 spiro atoms. The lowest BCUT2D eigenvalue weighted by Crippen LogP contribution is -1.90. The summed E-state index contributed by atoms with van der Waals surface area (Å²) in [6.45, 7) is 0. The first-order chi connectivity index (χ1) is 12.8. The van der Waals surface area contributed by atoms with E-state index in [1.54, 1.807) is 0 Å². The van der Waals surface area contributed by atoms with Gasteiger partial charge in [-0.1, -0.05) is 35.9 Å². The van der Waals surface area contributed by atoms with Gasteiger partial charge in [0.2, 0.25) is 0 Å². The van der Waals surface area contributed by atoms with Crippen LogP contribution in [0.2, 0.25) is 5.15 Å². The lowest BCUT2D eigenvalue weighted by Gasteiger charge is -2.04. The molecule has 5 rings (SSSR count). The van der Waals surface area contributed by atoms with Crippen LogP contribution in [0.15, 0.2) is 65.5 Å². The Hall–Kier alpha value is -3.38.